The first kappa shape index (κ1) is 12.4. The van der Waals surface area contributed by atoms with E-state index in [1.165, 1.54) is 0 Å². The van der Waals surface area contributed by atoms with Gasteiger partial charge in [-0.25, -0.2) is 4.98 Å². The maximum absolute atomic E-state index is 5.73. The standard InChI is InChI=1S/C13H17BrN2O2/c14-12-2-1-11(9-15-12)16-10-3-5-13(6-4-10)17-7-8-18-13/h1-2,9-10,16H,3-8H2. The predicted octanol–water partition coefficient (Wildman–Crippen LogP) is 2.94. The highest BCUT2D eigenvalue weighted by atomic mass is 79.9. The molecule has 2 heterocycles. The Morgan fingerprint density at radius 1 is 1.22 bits per heavy atom. The zero-order valence-electron chi connectivity index (χ0n) is 10.2. The maximum Gasteiger partial charge on any atom is 0.168 e. The Morgan fingerprint density at radius 3 is 2.56 bits per heavy atom. The molecule has 1 saturated carbocycles. The van der Waals surface area contributed by atoms with Crippen LogP contribution in [0.3, 0.4) is 0 Å². The van der Waals surface area contributed by atoms with Crippen molar-refractivity contribution in [3.8, 4) is 0 Å². The summed E-state index contributed by atoms with van der Waals surface area (Å²) in [6.45, 7) is 1.49. The number of nitrogens with one attached hydrogen (secondary N) is 1. The van der Waals surface area contributed by atoms with Gasteiger partial charge in [0.2, 0.25) is 0 Å². The third-order valence-electron chi connectivity index (χ3n) is 3.66. The van der Waals surface area contributed by atoms with Gasteiger partial charge in [0.25, 0.3) is 0 Å². The SMILES string of the molecule is Brc1ccc(NC2CCC3(CC2)OCCO3)cn1. The Labute approximate surface area is 115 Å². The number of rotatable bonds is 2. The fraction of sp³-hybridized carbons (Fsp3) is 0.615. The zero-order valence-corrected chi connectivity index (χ0v) is 11.8. The largest absolute Gasteiger partial charge is 0.381 e. The second kappa shape index (κ2) is 5.15. The normalized spacial score (nSPS) is 23.4. The van der Waals surface area contributed by atoms with E-state index in [1.807, 2.05) is 18.3 Å². The van der Waals surface area contributed by atoms with Gasteiger partial charge in [-0.05, 0) is 40.9 Å². The van der Waals surface area contributed by atoms with Gasteiger partial charge in [-0.1, -0.05) is 0 Å². The molecule has 1 aliphatic heterocycles. The van der Waals surface area contributed by atoms with Crippen molar-refractivity contribution in [1.29, 1.82) is 0 Å². The smallest absolute Gasteiger partial charge is 0.168 e. The Hall–Kier alpha value is -0.650. The van der Waals surface area contributed by atoms with Crippen LogP contribution < -0.4 is 5.32 Å². The second-order valence-electron chi connectivity index (χ2n) is 4.90. The van der Waals surface area contributed by atoms with Gasteiger partial charge >= 0.3 is 0 Å². The van der Waals surface area contributed by atoms with Crippen LogP contribution in [0.1, 0.15) is 25.7 Å². The lowest BCUT2D eigenvalue weighted by molar-refractivity contribution is -0.177. The molecule has 1 aliphatic carbocycles. The molecule has 0 amide bonds. The van der Waals surface area contributed by atoms with Crippen LogP contribution in [-0.4, -0.2) is 30.0 Å². The summed E-state index contributed by atoms with van der Waals surface area (Å²) in [6.07, 6.45) is 5.98. The minimum absolute atomic E-state index is 0.268. The minimum atomic E-state index is -0.268. The highest BCUT2D eigenvalue weighted by Crippen LogP contribution is 2.36. The van der Waals surface area contributed by atoms with Crippen LogP contribution in [0.25, 0.3) is 0 Å². The van der Waals surface area contributed by atoms with Crippen molar-refractivity contribution < 1.29 is 9.47 Å². The molecule has 1 aromatic heterocycles. The first-order valence-electron chi connectivity index (χ1n) is 6.42. The second-order valence-corrected chi connectivity index (χ2v) is 5.71. The highest BCUT2D eigenvalue weighted by molar-refractivity contribution is 9.10. The number of anilines is 1. The van der Waals surface area contributed by atoms with Gasteiger partial charge in [-0.15, -0.1) is 0 Å². The van der Waals surface area contributed by atoms with Crippen molar-refractivity contribution in [2.24, 2.45) is 0 Å². The summed E-state index contributed by atoms with van der Waals surface area (Å²) in [5.41, 5.74) is 1.08. The van der Waals surface area contributed by atoms with Crippen LogP contribution in [0.4, 0.5) is 5.69 Å². The van der Waals surface area contributed by atoms with Gasteiger partial charge in [0, 0.05) is 18.9 Å². The van der Waals surface area contributed by atoms with Gasteiger partial charge < -0.3 is 14.8 Å². The molecule has 18 heavy (non-hydrogen) atoms. The summed E-state index contributed by atoms with van der Waals surface area (Å²) in [6, 6.07) is 4.49. The summed E-state index contributed by atoms with van der Waals surface area (Å²) in [7, 11) is 0. The quantitative estimate of drug-likeness (QED) is 0.853. The maximum atomic E-state index is 5.73. The Bertz CT molecular complexity index is 394. The van der Waals surface area contributed by atoms with E-state index < -0.39 is 0 Å². The zero-order chi connectivity index (χ0) is 12.4. The summed E-state index contributed by atoms with van der Waals surface area (Å²) in [5, 5.41) is 3.52. The van der Waals surface area contributed by atoms with Crippen molar-refractivity contribution >= 4 is 21.6 Å². The summed E-state index contributed by atoms with van der Waals surface area (Å²) in [4.78, 5) is 4.22. The van der Waals surface area contributed by atoms with Crippen molar-refractivity contribution in [3.05, 3.63) is 22.9 Å². The van der Waals surface area contributed by atoms with Gasteiger partial charge in [-0.2, -0.15) is 0 Å². The minimum Gasteiger partial charge on any atom is -0.381 e. The summed E-state index contributed by atoms with van der Waals surface area (Å²) >= 11 is 3.34. The third-order valence-corrected chi connectivity index (χ3v) is 4.13. The molecular formula is C13H17BrN2O2. The van der Waals surface area contributed by atoms with Gasteiger partial charge in [0.1, 0.15) is 4.60 Å². The van der Waals surface area contributed by atoms with E-state index >= 15 is 0 Å². The molecule has 2 fully saturated rings. The molecule has 1 spiro atoms. The van der Waals surface area contributed by atoms with Crippen molar-refractivity contribution in [2.75, 3.05) is 18.5 Å². The molecule has 4 nitrogen and oxygen atoms in total. The van der Waals surface area contributed by atoms with E-state index in [2.05, 4.69) is 26.2 Å². The Morgan fingerprint density at radius 2 is 1.94 bits per heavy atom. The number of pyridine rings is 1. The molecule has 0 radical (unpaired) electrons. The van der Waals surface area contributed by atoms with Crippen LogP contribution in [0.15, 0.2) is 22.9 Å². The summed E-state index contributed by atoms with van der Waals surface area (Å²) < 4.78 is 12.3. The fourth-order valence-electron chi connectivity index (χ4n) is 2.68. The van der Waals surface area contributed by atoms with Gasteiger partial charge in [-0.3, -0.25) is 0 Å². The van der Waals surface area contributed by atoms with E-state index in [1.54, 1.807) is 0 Å². The molecule has 1 saturated heterocycles. The van der Waals surface area contributed by atoms with Gasteiger partial charge in [0.05, 0.1) is 25.1 Å². The number of ether oxygens (including phenoxy) is 2. The van der Waals surface area contributed by atoms with Gasteiger partial charge in [0.15, 0.2) is 5.79 Å². The lowest BCUT2D eigenvalue weighted by Gasteiger charge is -2.35. The molecule has 5 heteroatoms. The molecule has 1 aromatic rings. The Kier molecular flexibility index (Phi) is 3.54. The molecule has 0 atom stereocenters. The predicted molar refractivity (Wildman–Crippen MR) is 72.5 cm³/mol. The Balaban J connectivity index is 1.55. The average Bonchev–Trinajstić information content (AvgIpc) is 2.84. The molecule has 3 rings (SSSR count). The lowest BCUT2D eigenvalue weighted by atomic mass is 9.90. The van der Waals surface area contributed by atoms with E-state index in [0.29, 0.717) is 6.04 Å². The van der Waals surface area contributed by atoms with E-state index in [-0.39, 0.29) is 5.79 Å². The van der Waals surface area contributed by atoms with E-state index in [0.717, 1.165) is 49.2 Å². The highest BCUT2D eigenvalue weighted by Gasteiger charge is 2.40. The van der Waals surface area contributed by atoms with Crippen molar-refractivity contribution in [3.63, 3.8) is 0 Å². The number of aromatic nitrogens is 1. The van der Waals surface area contributed by atoms with E-state index in [4.69, 9.17) is 9.47 Å². The lowest BCUT2D eigenvalue weighted by Crippen LogP contribution is -2.39. The van der Waals surface area contributed by atoms with Crippen LogP contribution in [0.2, 0.25) is 0 Å². The van der Waals surface area contributed by atoms with Crippen LogP contribution >= 0.6 is 15.9 Å². The average molecular weight is 313 g/mol. The molecule has 2 aliphatic rings. The van der Waals surface area contributed by atoms with E-state index in [9.17, 15) is 0 Å². The molecule has 0 bridgehead atoms. The topological polar surface area (TPSA) is 43.4 Å². The molecule has 1 N–H and O–H groups in total. The van der Waals surface area contributed by atoms with Crippen molar-refractivity contribution in [2.45, 2.75) is 37.5 Å². The van der Waals surface area contributed by atoms with Crippen LogP contribution in [-0.2, 0) is 9.47 Å². The third kappa shape index (κ3) is 2.68. The molecule has 0 aromatic carbocycles. The molecular weight excluding hydrogens is 296 g/mol. The first-order valence-corrected chi connectivity index (χ1v) is 7.21. The molecule has 98 valence electrons. The summed E-state index contributed by atoms with van der Waals surface area (Å²) in [5.74, 6) is -0.268. The fourth-order valence-corrected chi connectivity index (χ4v) is 2.92. The number of hydrogen-bond acceptors (Lipinski definition) is 4. The molecule has 0 unspecified atom stereocenters. The first-order chi connectivity index (χ1) is 8.76. The number of halogens is 1. The van der Waals surface area contributed by atoms with Crippen molar-refractivity contribution in [1.82, 2.24) is 4.98 Å². The number of nitrogens with zero attached hydrogens (tertiary/aromatic N) is 1. The van der Waals surface area contributed by atoms with Crippen LogP contribution in [0, 0.1) is 0 Å². The number of hydrogen-bond donors (Lipinski definition) is 1. The van der Waals surface area contributed by atoms with Crippen LogP contribution in [0.5, 0.6) is 0 Å². The monoisotopic (exact) mass is 312 g/mol.